The molecule has 0 aliphatic heterocycles. The van der Waals surface area contributed by atoms with E-state index in [1.54, 1.807) is 17.8 Å². The summed E-state index contributed by atoms with van der Waals surface area (Å²) in [5.74, 6) is 0.531. The van der Waals surface area contributed by atoms with E-state index in [9.17, 15) is 9.90 Å². The number of nitrogens with zero attached hydrogens (tertiary/aromatic N) is 2. The highest BCUT2D eigenvalue weighted by Crippen LogP contribution is 2.36. The summed E-state index contributed by atoms with van der Waals surface area (Å²) in [4.78, 5) is 12.0. The predicted octanol–water partition coefficient (Wildman–Crippen LogP) is 1.69. The number of hydrogen-bond acceptors (Lipinski definition) is 2. The van der Waals surface area contributed by atoms with Gasteiger partial charge in [0.25, 0.3) is 0 Å². The van der Waals surface area contributed by atoms with Gasteiger partial charge in [0.15, 0.2) is 0 Å². The third kappa shape index (κ3) is 2.46. The Kier molecular flexibility index (Phi) is 3.72. The second-order valence-electron chi connectivity index (χ2n) is 5.18. The molecule has 0 spiro atoms. The van der Waals surface area contributed by atoms with Crippen LogP contribution in [-0.2, 0) is 7.05 Å². The lowest BCUT2D eigenvalue weighted by atomic mass is 9.80. The summed E-state index contributed by atoms with van der Waals surface area (Å²) in [6, 6.07) is 0.174. The summed E-state index contributed by atoms with van der Waals surface area (Å²) in [5, 5.41) is 9.80. The van der Waals surface area contributed by atoms with Crippen molar-refractivity contribution >= 4 is 0 Å². The Balaban J connectivity index is 2.25. The fourth-order valence-corrected chi connectivity index (χ4v) is 2.97. The minimum Gasteiger partial charge on any atom is -0.393 e. The fourth-order valence-electron chi connectivity index (χ4n) is 2.97. The molecule has 1 aromatic heterocycles. The van der Waals surface area contributed by atoms with E-state index in [2.05, 4.69) is 6.92 Å². The first-order valence-corrected chi connectivity index (χ1v) is 6.55. The summed E-state index contributed by atoms with van der Waals surface area (Å²) in [6.45, 7) is 2.18. The summed E-state index contributed by atoms with van der Waals surface area (Å²) < 4.78 is 3.41. The monoisotopic (exact) mass is 238 g/mol. The van der Waals surface area contributed by atoms with E-state index in [-0.39, 0.29) is 17.8 Å². The molecule has 1 aliphatic rings. The molecular formula is C13H22N2O2. The van der Waals surface area contributed by atoms with Crippen LogP contribution in [0.3, 0.4) is 0 Å². The lowest BCUT2D eigenvalue weighted by Gasteiger charge is -2.34. The molecule has 0 amide bonds. The van der Waals surface area contributed by atoms with Gasteiger partial charge in [0.05, 0.1) is 6.10 Å². The smallest absolute Gasteiger partial charge is 0.328 e. The van der Waals surface area contributed by atoms with Crippen LogP contribution < -0.4 is 5.69 Å². The number of hydrogen-bond donors (Lipinski definition) is 1. The van der Waals surface area contributed by atoms with Crippen LogP contribution in [0.25, 0.3) is 0 Å². The van der Waals surface area contributed by atoms with Gasteiger partial charge in [-0.1, -0.05) is 13.3 Å². The molecule has 4 heteroatoms. The lowest BCUT2D eigenvalue weighted by Crippen LogP contribution is -2.35. The molecule has 96 valence electrons. The van der Waals surface area contributed by atoms with E-state index >= 15 is 0 Å². The molecule has 1 N–H and O–H groups in total. The molecule has 17 heavy (non-hydrogen) atoms. The molecule has 2 rings (SSSR count). The van der Waals surface area contributed by atoms with Gasteiger partial charge in [-0.2, -0.15) is 0 Å². The fraction of sp³-hybridized carbons (Fsp3) is 0.769. The molecule has 0 bridgehead atoms. The Morgan fingerprint density at radius 1 is 1.41 bits per heavy atom. The third-order valence-electron chi connectivity index (χ3n) is 3.92. The maximum atomic E-state index is 12.0. The van der Waals surface area contributed by atoms with Crippen molar-refractivity contribution in [3.05, 3.63) is 22.9 Å². The van der Waals surface area contributed by atoms with Gasteiger partial charge in [-0.15, -0.1) is 0 Å². The van der Waals surface area contributed by atoms with E-state index < -0.39 is 0 Å². The van der Waals surface area contributed by atoms with E-state index in [0.717, 1.165) is 25.7 Å². The second-order valence-corrected chi connectivity index (χ2v) is 5.18. The molecule has 3 unspecified atom stereocenters. The van der Waals surface area contributed by atoms with E-state index in [0.29, 0.717) is 12.3 Å². The van der Waals surface area contributed by atoms with Crippen molar-refractivity contribution in [2.45, 2.75) is 51.2 Å². The Bertz CT molecular complexity index is 421. The minimum atomic E-state index is -0.250. The predicted molar refractivity (Wildman–Crippen MR) is 67.0 cm³/mol. The SMILES string of the molecule is CCCC1CCC(O)CC1n1ccn(C)c1=O. The zero-order chi connectivity index (χ0) is 12.4. The zero-order valence-corrected chi connectivity index (χ0v) is 10.7. The number of aromatic nitrogens is 2. The van der Waals surface area contributed by atoms with E-state index in [1.165, 1.54) is 0 Å². The van der Waals surface area contributed by atoms with Crippen molar-refractivity contribution in [3.8, 4) is 0 Å². The van der Waals surface area contributed by atoms with Crippen LogP contribution in [0.5, 0.6) is 0 Å². The molecule has 1 heterocycles. The molecule has 0 aromatic carbocycles. The van der Waals surface area contributed by atoms with Crippen LogP contribution in [0, 0.1) is 5.92 Å². The van der Waals surface area contributed by atoms with Crippen LogP contribution in [0.1, 0.15) is 45.1 Å². The minimum absolute atomic E-state index is 0.0326. The second kappa shape index (κ2) is 5.08. The van der Waals surface area contributed by atoms with E-state index in [4.69, 9.17) is 0 Å². The van der Waals surface area contributed by atoms with Gasteiger partial charge in [0.1, 0.15) is 0 Å². The molecule has 1 aromatic rings. The van der Waals surface area contributed by atoms with Crippen molar-refractivity contribution in [2.24, 2.45) is 13.0 Å². The summed E-state index contributed by atoms with van der Waals surface area (Å²) in [6.07, 6.45) is 8.30. The topological polar surface area (TPSA) is 47.2 Å². The highest BCUT2D eigenvalue weighted by Gasteiger charge is 2.31. The van der Waals surface area contributed by atoms with Crippen molar-refractivity contribution in [1.29, 1.82) is 0 Å². The number of aryl methyl sites for hydroxylation is 1. The highest BCUT2D eigenvalue weighted by molar-refractivity contribution is 4.90. The molecule has 1 fully saturated rings. The Morgan fingerprint density at radius 2 is 2.18 bits per heavy atom. The average Bonchev–Trinajstić information content (AvgIpc) is 2.63. The van der Waals surface area contributed by atoms with Gasteiger partial charge in [0, 0.05) is 25.5 Å². The molecule has 1 saturated carbocycles. The van der Waals surface area contributed by atoms with Gasteiger partial charge in [-0.05, 0) is 31.6 Å². The molecule has 0 radical (unpaired) electrons. The van der Waals surface area contributed by atoms with Crippen molar-refractivity contribution in [2.75, 3.05) is 0 Å². The van der Waals surface area contributed by atoms with Crippen LogP contribution in [-0.4, -0.2) is 20.3 Å². The number of imidazole rings is 1. The number of rotatable bonds is 3. The highest BCUT2D eigenvalue weighted by atomic mass is 16.3. The van der Waals surface area contributed by atoms with E-state index in [1.807, 2.05) is 10.8 Å². The standard InChI is InChI=1S/C13H22N2O2/c1-3-4-10-5-6-11(16)9-12(10)15-8-7-14(2)13(15)17/h7-8,10-12,16H,3-6,9H2,1-2H3. The van der Waals surface area contributed by atoms with Crippen LogP contribution in [0.15, 0.2) is 17.2 Å². The normalized spacial score (nSPS) is 29.5. The van der Waals surface area contributed by atoms with Gasteiger partial charge in [-0.25, -0.2) is 4.79 Å². The van der Waals surface area contributed by atoms with Gasteiger partial charge >= 0.3 is 5.69 Å². The molecule has 4 nitrogen and oxygen atoms in total. The van der Waals surface area contributed by atoms with Crippen LogP contribution in [0.2, 0.25) is 0 Å². The van der Waals surface area contributed by atoms with Crippen molar-refractivity contribution in [3.63, 3.8) is 0 Å². The van der Waals surface area contributed by atoms with Crippen molar-refractivity contribution in [1.82, 2.24) is 9.13 Å². The Labute approximate surface area is 102 Å². The lowest BCUT2D eigenvalue weighted by molar-refractivity contribution is 0.0681. The van der Waals surface area contributed by atoms with Gasteiger partial charge < -0.3 is 9.67 Å². The first-order chi connectivity index (χ1) is 8.13. The number of aliphatic hydroxyl groups excluding tert-OH is 1. The third-order valence-corrected chi connectivity index (χ3v) is 3.92. The van der Waals surface area contributed by atoms with Crippen LogP contribution in [0.4, 0.5) is 0 Å². The maximum Gasteiger partial charge on any atom is 0.328 e. The molecule has 3 atom stereocenters. The number of aliphatic hydroxyl groups is 1. The van der Waals surface area contributed by atoms with Crippen molar-refractivity contribution < 1.29 is 5.11 Å². The zero-order valence-electron chi connectivity index (χ0n) is 10.7. The summed E-state index contributed by atoms with van der Waals surface area (Å²) in [5.41, 5.74) is 0.0326. The van der Waals surface area contributed by atoms with Crippen LogP contribution >= 0.6 is 0 Å². The molecular weight excluding hydrogens is 216 g/mol. The van der Waals surface area contributed by atoms with Gasteiger partial charge in [-0.3, -0.25) is 4.57 Å². The molecule has 1 aliphatic carbocycles. The quantitative estimate of drug-likeness (QED) is 0.871. The Hall–Kier alpha value is -1.03. The average molecular weight is 238 g/mol. The summed E-state index contributed by atoms with van der Waals surface area (Å²) >= 11 is 0. The maximum absolute atomic E-state index is 12.0. The van der Waals surface area contributed by atoms with Gasteiger partial charge in [0.2, 0.25) is 0 Å². The largest absolute Gasteiger partial charge is 0.393 e. The summed E-state index contributed by atoms with van der Waals surface area (Å²) in [7, 11) is 1.77. The molecule has 0 saturated heterocycles. The Morgan fingerprint density at radius 3 is 2.76 bits per heavy atom. The first kappa shape index (κ1) is 12.4. The first-order valence-electron chi connectivity index (χ1n) is 6.55.